The Hall–Kier alpha value is -0.730. The van der Waals surface area contributed by atoms with E-state index in [2.05, 4.69) is 34.5 Å². The molecule has 2 N–H and O–H groups in total. The molecule has 1 aromatic carbocycles. The monoisotopic (exact) mass is 431 g/mol. The molecule has 2 rings (SSSR count). The van der Waals surface area contributed by atoms with Gasteiger partial charge in [-0.25, -0.2) is 13.1 Å². The van der Waals surface area contributed by atoms with Crippen LogP contribution in [-0.4, -0.2) is 26.2 Å². The van der Waals surface area contributed by atoms with Gasteiger partial charge in [0.2, 0.25) is 10.0 Å². The van der Waals surface area contributed by atoms with E-state index in [-0.39, 0.29) is 16.7 Å². The topological polar surface area (TPSA) is 66.4 Å². The molecular weight excluding hydrogens is 410 g/mol. The Morgan fingerprint density at radius 2 is 1.83 bits per heavy atom. The summed E-state index contributed by atoms with van der Waals surface area (Å²) in [5.41, 5.74) is 1.03. The van der Waals surface area contributed by atoms with E-state index in [0.717, 1.165) is 27.1 Å². The van der Waals surface area contributed by atoms with Crippen LogP contribution in [0.5, 0.6) is 0 Å². The number of aliphatic hydroxyl groups is 1. The number of hydrogen-bond acceptors (Lipinski definition) is 4. The number of nitrogens with one attached hydrogen (secondary N) is 1. The van der Waals surface area contributed by atoms with Gasteiger partial charge in [0, 0.05) is 5.92 Å². The van der Waals surface area contributed by atoms with Crippen LogP contribution < -0.4 is 4.72 Å². The summed E-state index contributed by atoms with van der Waals surface area (Å²) < 4.78 is 28.9. The van der Waals surface area contributed by atoms with Gasteiger partial charge in [0.1, 0.15) is 4.21 Å². The highest BCUT2D eigenvalue weighted by molar-refractivity contribution is 9.11. The van der Waals surface area contributed by atoms with E-state index >= 15 is 0 Å². The normalized spacial score (nSPS) is 14.7. The van der Waals surface area contributed by atoms with E-state index in [4.69, 9.17) is 0 Å². The number of halogens is 1. The van der Waals surface area contributed by atoms with E-state index in [9.17, 15) is 13.5 Å². The summed E-state index contributed by atoms with van der Waals surface area (Å²) in [5, 5.41) is 9.85. The zero-order valence-electron chi connectivity index (χ0n) is 13.6. The second-order valence-corrected chi connectivity index (χ2v) is 10.5. The van der Waals surface area contributed by atoms with Gasteiger partial charge in [-0.05, 0) is 46.0 Å². The highest BCUT2D eigenvalue weighted by atomic mass is 79.9. The minimum absolute atomic E-state index is 0.0885. The third kappa shape index (κ3) is 5.13. The van der Waals surface area contributed by atoms with Crippen LogP contribution >= 0.6 is 27.3 Å². The Morgan fingerprint density at radius 1 is 1.17 bits per heavy atom. The summed E-state index contributed by atoms with van der Waals surface area (Å²) in [7, 11) is -3.66. The fourth-order valence-corrected chi connectivity index (χ4v) is 5.98. The second-order valence-electron chi connectivity index (χ2n) is 6.12. The van der Waals surface area contributed by atoms with Crippen LogP contribution in [0.1, 0.15) is 31.7 Å². The van der Waals surface area contributed by atoms with Gasteiger partial charge < -0.3 is 5.11 Å². The van der Waals surface area contributed by atoms with Crippen LogP contribution in [0.4, 0.5) is 0 Å². The molecule has 2 atom stereocenters. The standard InChI is InChI=1S/C17H22BrNO3S2/c1-12(2)10-14(13-6-4-3-5-7-13)15(11-20)19-24(21,22)17-9-8-16(18)23-17/h3-9,12,14-15,19-20H,10-11H2,1-2H3. The van der Waals surface area contributed by atoms with Crippen LogP contribution in [-0.2, 0) is 10.0 Å². The van der Waals surface area contributed by atoms with Crippen molar-refractivity contribution < 1.29 is 13.5 Å². The quantitative estimate of drug-likeness (QED) is 0.663. The molecule has 0 radical (unpaired) electrons. The maximum atomic E-state index is 12.6. The largest absolute Gasteiger partial charge is 0.395 e. The average molecular weight is 432 g/mol. The van der Waals surface area contributed by atoms with Gasteiger partial charge in [-0.1, -0.05) is 44.2 Å². The van der Waals surface area contributed by atoms with Gasteiger partial charge in [-0.3, -0.25) is 0 Å². The molecule has 0 fully saturated rings. The fraction of sp³-hybridized carbons (Fsp3) is 0.412. The highest BCUT2D eigenvalue weighted by Gasteiger charge is 2.29. The summed E-state index contributed by atoms with van der Waals surface area (Å²) >= 11 is 4.44. The molecule has 1 heterocycles. The van der Waals surface area contributed by atoms with Crippen molar-refractivity contribution in [2.75, 3.05) is 6.61 Å². The number of aliphatic hydroxyl groups excluding tert-OH is 1. The Morgan fingerprint density at radius 3 is 2.33 bits per heavy atom. The van der Waals surface area contributed by atoms with Crippen molar-refractivity contribution in [3.63, 3.8) is 0 Å². The maximum Gasteiger partial charge on any atom is 0.250 e. The molecule has 2 aromatic rings. The van der Waals surface area contributed by atoms with Gasteiger partial charge in [0.05, 0.1) is 16.4 Å². The van der Waals surface area contributed by atoms with E-state index in [1.165, 1.54) is 0 Å². The first-order valence-corrected chi connectivity index (χ1v) is 10.9. The van der Waals surface area contributed by atoms with Crippen molar-refractivity contribution in [1.82, 2.24) is 4.72 Å². The smallest absolute Gasteiger partial charge is 0.250 e. The van der Waals surface area contributed by atoms with Gasteiger partial charge in [-0.2, -0.15) is 0 Å². The molecule has 0 aliphatic heterocycles. The molecule has 7 heteroatoms. The number of rotatable bonds is 8. The van der Waals surface area contributed by atoms with Crippen molar-refractivity contribution in [3.8, 4) is 0 Å². The van der Waals surface area contributed by atoms with Gasteiger partial charge in [0.15, 0.2) is 0 Å². The minimum atomic E-state index is -3.66. The SMILES string of the molecule is CC(C)CC(c1ccccc1)C(CO)NS(=O)(=O)c1ccc(Br)s1. The van der Waals surface area contributed by atoms with Crippen LogP contribution in [0.25, 0.3) is 0 Å². The molecule has 2 unspecified atom stereocenters. The molecule has 0 amide bonds. The van der Waals surface area contributed by atoms with Crippen LogP contribution in [0.15, 0.2) is 50.5 Å². The number of sulfonamides is 1. The van der Waals surface area contributed by atoms with Gasteiger partial charge in [-0.15, -0.1) is 11.3 Å². The molecule has 4 nitrogen and oxygen atoms in total. The molecule has 0 saturated heterocycles. The first-order chi connectivity index (χ1) is 11.3. The summed E-state index contributed by atoms with van der Waals surface area (Å²) in [6.45, 7) is 3.93. The molecule has 0 spiro atoms. The van der Waals surface area contributed by atoms with E-state index in [1.54, 1.807) is 12.1 Å². The predicted molar refractivity (Wildman–Crippen MR) is 102 cm³/mol. The summed E-state index contributed by atoms with van der Waals surface area (Å²) in [4.78, 5) is 0. The summed E-state index contributed by atoms with van der Waals surface area (Å²) in [6, 6.07) is 12.4. The van der Waals surface area contributed by atoms with Crippen LogP contribution in [0.2, 0.25) is 0 Å². The highest BCUT2D eigenvalue weighted by Crippen LogP contribution is 2.30. The van der Waals surface area contributed by atoms with E-state index < -0.39 is 16.1 Å². The van der Waals surface area contributed by atoms with Crippen molar-refractivity contribution in [2.45, 2.75) is 36.4 Å². The van der Waals surface area contributed by atoms with Crippen LogP contribution in [0, 0.1) is 5.92 Å². The molecule has 0 aliphatic carbocycles. The molecule has 132 valence electrons. The lowest BCUT2D eigenvalue weighted by atomic mass is 9.85. The van der Waals surface area contributed by atoms with Crippen LogP contribution in [0.3, 0.4) is 0 Å². The second kappa shape index (κ2) is 8.58. The first-order valence-electron chi connectivity index (χ1n) is 7.77. The lowest BCUT2D eigenvalue weighted by molar-refractivity contribution is 0.229. The molecule has 0 aliphatic rings. The number of thiophene rings is 1. The molecule has 0 saturated carbocycles. The molecular formula is C17H22BrNO3S2. The lowest BCUT2D eigenvalue weighted by Crippen LogP contribution is -2.42. The Labute approximate surface area is 156 Å². The molecule has 1 aromatic heterocycles. The maximum absolute atomic E-state index is 12.6. The Balaban J connectivity index is 2.29. The third-order valence-electron chi connectivity index (χ3n) is 3.76. The van der Waals surface area contributed by atoms with Gasteiger partial charge in [0.25, 0.3) is 0 Å². The summed E-state index contributed by atoms with van der Waals surface area (Å²) in [6.07, 6.45) is 0.784. The van der Waals surface area contributed by atoms with Crippen molar-refractivity contribution in [1.29, 1.82) is 0 Å². The van der Waals surface area contributed by atoms with E-state index in [1.807, 2.05) is 30.3 Å². The van der Waals surface area contributed by atoms with Crippen molar-refractivity contribution >= 4 is 37.3 Å². The predicted octanol–water partition coefficient (Wildman–Crippen LogP) is 3.98. The van der Waals surface area contributed by atoms with E-state index in [0.29, 0.717) is 5.92 Å². The Bertz CT molecular complexity index is 744. The van der Waals surface area contributed by atoms with Gasteiger partial charge >= 0.3 is 0 Å². The third-order valence-corrected chi connectivity index (χ3v) is 7.36. The zero-order chi connectivity index (χ0) is 17.7. The minimum Gasteiger partial charge on any atom is -0.395 e. The average Bonchev–Trinajstić information content (AvgIpc) is 2.99. The lowest BCUT2D eigenvalue weighted by Gasteiger charge is -2.28. The molecule has 0 bridgehead atoms. The molecule has 24 heavy (non-hydrogen) atoms. The fourth-order valence-electron chi connectivity index (χ4n) is 2.69. The summed E-state index contributed by atoms with van der Waals surface area (Å²) in [5.74, 6) is 0.291. The Kier molecular flexibility index (Phi) is 7.00. The van der Waals surface area contributed by atoms with Crippen molar-refractivity contribution in [3.05, 3.63) is 51.8 Å². The first kappa shape index (κ1) is 19.6. The van der Waals surface area contributed by atoms with Crippen molar-refractivity contribution in [2.24, 2.45) is 5.92 Å². The zero-order valence-corrected chi connectivity index (χ0v) is 16.9. The number of hydrogen-bond donors (Lipinski definition) is 2. The number of benzene rings is 1.